The zero-order chi connectivity index (χ0) is 36.2. The van der Waals surface area contributed by atoms with E-state index in [1.807, 2.05) is 18.2 Å². The van der Waals surface area contributed by atoms with Crippen molar-refractivity contribution < 1.29 is 42.7 Å². The van der Waals surface area contributed by atoms with Crippen molar-refractivity contribution >= 4 is 56.9 Å². The fourth-order valence-electron chi connectivity index (χ4n) is 5.52. The van der Waals surface area contributed by atoms with Gasteiger partial charge in [0.05, 0.1) is 51.7 Å². The quantitative estimate of drug-likeness (QED) is 0.170. The van der Waals surface area contributed by atoms with E-state index >= 15 is 0 Å². The zero-order valence-electron chi connectivity index (χ0n) is 28.0. The molecule has 2 aliphatic rings. The van der Waals surface area contributed by atoms with E-state index in [0.29, 0.717) is 71.0 Å². The average molecular weight is 800 g/mol. The van der Waals surface area contributed by atoms with Crippen molar-refractivity contribution in [3.8, 4) is 28.7 Å². The van der Waals surface area contributed by atoms with Gasteiger partial charge in [-0.2, -0.15) is 0 Å². The summed E-state index contributed by atoms with van der Waals surface area (Å²) >= 11 is 11.4. The van der Waals surface area contributed by atoms with Crippen molar-refractivity contribution in [2.45, 2.75) is 33.4 Å². The van der Waals surface area contributed by atoms with Gasteiger partial charge in [0.25, 0.3) is 5.56 Å². The van der Waals surface area contributed by atoms with Gasteiger partial charge < -0.3 is 33.2 Å². The highest BCUT2D eigenvalue weighted by Crippen LogP contribution is 2.38. The van der Waals surface area contributed by atoms with Gasteiger partial charge in [-0.15, -0.1) is 0 Å². The van der Waals surface area contributed by atoms with Gasteiger partial charge in [-0.1, -0.05) is 35.1 Å². The molecule has 12 nitrogen and oxygen atoms in total. The molecule has 3 heterocycles. The Hall–Kier alpha value is -4.79. The molecule has 0 fully saturated rings. The molecule has 1 aromatic heterocycles. The molecule has 0 aliphatic carbocycles. The van der Waals surface area contributed by atoms with Crippen LogP contribution in [0.4, 0.5) is 0 Å². The Kier molecular flexibility index (Phi) is 11.0. The van der Waals surface area contributed by atoms with Crippen LogP contribution >= 0.6 is 38.9 Å². The fourth-order valence-corrected chi connectivity index (χ4v) is 7.56. The molecule has 0 radical (unpaired) electrons. The summed E-state index contributed by atoms with van der Waals surface area (Å²) in [6, 6.07) is 13.2. The van der Waals surface area contributed by atoms with Gasteiger partial charge in [0.15, 0.2) is 40.2 Å². The Morgan fingerprint density at radius 3 is 2.59 bits per heavy atom. The Balaban J connectivity index is 1.37. The molecule has 15 heteroatoms. The maximum absolute atomic E-state index is 14.2. The molecule has 2 aliphatic heterocycles. The number of ether oxygens (including phenoxy) is 7. The molecule has 0 N–H and O–H groups in total. The van der Waals surface area contributed by atoms with E-state index in [0.717, 1.165) is 5.56 Å². The van der Waals surface area contributed by atoms with E-state index in [9.17, 15) is 14.4 Å². The summed E-state index contributed by atoms with van der Waals surface area (Å²) in [6.45, 7) is 5.72. The van der Waals surface area contributed by atoms with Crippen LogP contribution in [-0.2, 0) is 25.7 Å². The minimum absolute atomic E-state index is 0.128. The van der Waals surface area contributed by atoms with Crippen LogP contribution in [0.5, 0.6) is 28.7 Å². The van der Waals surface area contributed by atoms with Gasteiger partial charge in [0, 0.05) is 0 Å². The lowest BCUT2D eigenvalue weighted by atomic mass is 9.95. The van der Waals surface area contributed by atoms with Gasteiger partial charge in [-0.05, 0) is 95.9 Å². The number of allylic oxidation sites excluding steroid dienone is 1. The number of methoxy groups -OCH3 is 1. The molecule has 6 rings (SSSR count). The lowest BCUT2D eigenvalue weighted by molar-refractivity contribution is -0.143. The molecule has 1 atom stereocenters. The van der Waals surface area contributed by atoms with Crippen LogP contribution in [-0.4, -0.2) is 50.2 Å². The van der Waals surface area contributed by atoms with Crippen LogP contribution in [0.1, 0.15) is 43.5 Å². The number of thiazole rings is 1. The first-order valence-corrected chi connectivity index (χ1v) is 17.8. The number of nitrogens with zero attached hydrogens (tertiary/aromatic N) is 2. The number of benzene rings is 3. The van der Waals surface area contributed by atoms with Crippen LogP contribution in [0.15, 0.2) is 74.1 Å². The van der Waals surface area contributed by atoms with Crippen LogP contribution in [0.2, 0.25) is 5.02 Å². The second-order valence-corrected chi connectivity index (χ2v) is 13.4. The van der Waals surface area contributed by atoms with Crippen molar-refractivity contribution in [2.75, 3.05) is 33.7 Å². The fraction of sp³-hybridized carbons (Fsp3) is 0.278. The molecule has 0 amide bonds. The van der Waals surface area contributed by atoms with E-state index in [2.05, 4.69) is 25.7 Å². The maximum atomic E-state index is 14.2. The standard InChI is InChI=1S/C36H32BrClN2O10S/c1-5-45-28-15-22(8-10-25(28)47-17-30(41)44-4)32-31(35(43)46-6-2)19(3)39-36-40(32)34(42)29(51-36)14-21-11-23(37)33(24(38)12-21)48-16-20-7-9-26-27(13-20)50-18-49-26/h7-15,32H,5-6,16-18H2,1-4H3/b29-14-/t32-/m0/s1. The number of halogens is 2. The first-order valence-electron chi connectivity index (χ1n) is 15.8. The lowest BCUT2D eigenvalue weighted by Crippen LogP contribution is -2.40. The van der Waals surface area contributed by atoms with E-state index < -0.39 is 18.0 Å². The molecule has 0 spiro atoms. The summed E-state index contributed by atoms with van der Waals surface area (Å²) in [5.74, 6) is 1.22. The van der Waals surface area contributed by atoms with Crippen LogP contribution < -0.4 is 38.6 Å². The third-order valence-electron chi connectivity index (χ3n) is 7.81. The number of hydrogen-bond donors (Lipinski definition) is 0. The number of carbonyl (C=O) groups is 2. The SMILES string of the molecule is CCOC(=O)C1=C(C)N=c2s/c(=C\c3cc(Cl)c(OCc4ccc5c(c4)OCO5)c(Br)c3)c(=O)n2[C@H]1c1ccc(OCC(=O)OC)c(OCC)c1. The van der Waals surface area contributed by atoms with Crippen molar-refractivity contribution in [3.63, 3.8) is 0 Å². The molecule has 4 aromatic rings. The normalized spacial score (nSPS) is 14.9. The molecule has 0 unspecified atom stereocenters. The van der Waals surface area contributed by atoms with Crippen LogP contribution in [0.25, 0.3) is 6.08 Å². The Labute approximate surface area is 309 Å². The van der Waals surface area contributed by atoms with E-state index in [-0.39, 0.29) is 37.7 Å². The highest BCUT2D eigenvalue weighted by atomic mass is 79.9. The summed E-state index contributed by atoms with van der Waals surface area (Å²) in [5, 5.41) is 0.334. The minimum atomic E-state index is -0.904. The largest absolute Gasteiger partial charge is 0.490 e. The van der Waals surface area contributed by atoms with Crippen LogP contribution in [0, 0.1) is 0 Å². The number of hydrogen-bond acceptors (Lipinski definition) is 12. The predicted molar refractivity (Wildman–Crippen MR) is 192 cm³/mol. The lowest BCUT2D eigenvalue weighted by Gasteiger charge is -2.25. The summed E-state index contributed by atoms with van der Waals surface area (Å²) in [6.07, 6.45) is 1.71. The number of fused-ring (bicyclic) bond motifs is 2. The summed E-state index contributed by atoms with van der Waals surface area (Å²) in [4.78, 5) is 44.4. The maximum Gasteiger partial charge on any atom is 0.343 e. The molecule has 266 valence electrons. The zero-order valence-corrected chi connectivity index (χ0v) is 31.1. The van der Waals surface area contributed by atoms with E-state index in [1.165, 1.54) is 23.0 Å². The summed E-state index contributed by atoms with van der Waals surface area (Å²) < 4.78 is 40.9. The van der Waals surface area contributed by atoms with Crippen molar-refractivity contribution in [1.29, 1.82) is 0 Å². The molecule has 0 saturated carbocycles. The van der Waals surface area contributed by atoms with Gasteiger partial charge in [0.2, 0.25) is 6.79 Å². The molecule has 0 saturated heterocycles. The summed E-state index contributed by atoms with van der Waals surface area (Å²) in [5.41, 5.74) is 2.29. The third-order valence-corrected chi connectivity index (χ3v) is 9.66. The number of carbonyl (C=O) groups excluding carboxylic acids is 2. The van der Waals surface area contributed by atoms with Gasteiger partial charge in [0.1, 0.15) is 6.61 Å². The monoisotopic (exact) mass is 798 g/mol. The first kappa shape index (κ1) is 36.0. The molecule has 51 heavy (non-hydrogen) atoms. The first-order chi connectivity index (χ1) is 24.6. The topological polar surface area (TPSA) is 133 Å². The smallest absolute Gasteiger partial charge is 0.343 e. The Bertz CT molecular complexity index is 2210. The molecule has 0 bridgehead atoms. The Morgan fingerprint density at radius 1 is 1.04 bits per heavy atom. The van der Waals surface area contributed by atoms with Gasteiger partial charge in [-0.3, -0.25) is 9.36 Å². The predicted octanol–water partition coefficient (Wildman–Crippen LogP) is 5.47. The van der Waals surface area contributed by atoms with E-state index in [4.69, 9.17) is 40.0 Å². The van der Waals surface area contributed by atoms with Crippen molar-refractivity contribution in [3.05, 3.63) is 106 Å². The number of rotatable bonds is 12. The third kappa shape index (κ3) is 7.63. The molecular formula is C36H32BrClN2O10S. The second-order valence-electron chi connectivity index (χ2n) is 11.1. The van der Waals surface area contributed by atoms with Crippen LogP contribution in [0.3, 0.4) is 0 Å². The minimum Gasteiger partial charge on any atom is -0.490 e. The summed E-state index contributed by atoms with van der Waals surface area (Å²) in [7, 11) is 1.26. The average Bonchev–Trinajstić information content (AvgIpc) is 3.70. The highest BCUT2D eigenvalue weighted by molar-refractivity contribution is 9.10. The highest BCUT2D eigenvalue weighted by Gasteiger charge is 2.34. The number of esters is 2. The molecular weight excluding hydrogens is 768 g/mol. The van der Waals surface area contributed by atoms with Crippen molar-refractivity contribution in [1.82, 2.24) is 4.57 Å². The second kappa shape index (κ2) is 15.6. The molecule has 3 aromatic carbocycles. The van der Waals surface area contributed by atoms with Gasteiger partial charge >= 0.3 is 11.9 Å². The number of aromatic nitrogens is 1. The van der Waals surface area contributed by atoms with Crippen molar-refractivity contribution in [2.24, 2.45) is 4.99 Å². The van der Waals surface area contributed by atoms with E-state index in [1.54, 1.807) is 57.2 Å². The van der Waals surface area contributed by atoms with Gasteiger partial charge in [-0.25, -0.2) is 14.6 Å². The Morgan fingerprint density at radius 2 is 1.84 bits per heavy atom.